The van der Waals surface area contributed by atoms with Crippen LogP contribution in [0.1, 0.15) is 33.1 Å². The molecule has 0 radical (unpaired) electrons. The molecule has 1 saturated heterocycles. The number of carbonyl (C=O) groups excluding carboxylic acids is 1. The average Bonchev–Trinajstić information content (AvgIpc) is 2.40. The van der Waals surface area contributed by atoms with Crippen molar-refractivity contribution in [3.05, 3.63) is 0 Å². The van der Waals surface area contributed by atoms with Crippen LogP contribution in [0.2, 0.25) is 0 Å². The van der Waals surface area contributed by atoms with E-state index < -0.39 is 0 Å². The molecule has 0 aromatic rings. The summed E-state index contributed by atoms with van der Waals surface area (Å²) in [7, 11) is 0. The predicted molar refractivity (Wildman–Crippen MR) is 82.3 cm³/mol. The molecule has 5 nitrogen and oxygen atoms in total. The number of urea groups is 1. The predicted octanol–water partition coefficient (Wildman–Crippen LogP) is 1.18. The fourth-order valence-electron chi connectivity index (χ4n) is 2.36. The van der Waals surface area contributed by atoms with Crippen LogP contribution in [0.4, 0.5) is 4.79 Å². The second-order valence-electron chi connectivity index (χ2n) is 4.93. The summed E-state index contributed by atoms with van der Waals surface area (Å²) >= 11 is 5.09. The minimum atomic E-state index is 0.0523. The molecule has 1 rings (SSSR count). The quantitative estimate of drug-likeness (QED) is 0.568. The van der Waals surface area contributed by atoms with Gasteiger partial charge in [0.15, 0.2) is 0 Å². The Balaban J connectivity index is 2.35. The Morgan fingerprint density at radius 2 is 1.95 bits per heavy atom. The molecule has 0 aromatic carbocycles. The first-order chi connectivity index (χ1) is 9.10. The lowest BCUT2D eigenvalue weighted by Crippen LogP contribution is -2.56. The van der Waals surface area contributed by atoms with Gasteiger partial charge < -0.3 is 16.0 Å². The lowest BCUT2D eigenvalue weighted by molar-refractivity contribution is 0.126. The highest BCUT2D eigenvalue weighted by atomic mass is 32.1. The molecular weight excluding hydrogens is 260 g/mol. The Hall–Kier alpha value is -0.880. The molecule has 1 heterocycles. The molecule has 3 N–H and O–H groups in total. The number of amides is 2. The van der Waals surface area contributed by atoms with E-state index in [2.05, 4.69) is 24.1 Å². The zero-order chi connectivity index (χ0) is 14.3. The third-order valence-electron chi connectivity index (χ3n) is 3.56. The molecule has 0 spiro atoms. The first-order valence-electron chi connectivity index (χ1n) is 7.16. The molecule has 0 bridgehead atoms. The van der Waals surface area contributed by atoms with Gasteiger partial charge in [-0.1, -0.05) is 32.5 Å². The number of hydrogen-bond acceptors (Lipinski definition) is 3. The number of piperazine rings is 1. The Morgan fingerprint density at radius 1 is 1.32 bits per heavy atom. The monoisotopic (exact) mass is 286 g/mol. The topological polar surface area (TPSA) is 61.6 Å². The van der Waals surface area contributed by atoms with Crippen LogP contribution >= 0.6 is 12.2 Å². The number of unbranched alkanes of at least 4 members (excludes halogenated alkanes) is 1. The minimum absolute atomic E-state index is 0.0523. The summed E-state index contributed by atoms with van der Waals surface area (Å²) < 4.78 is 0. The molecule has 19 heavy (non-hydrogen) atoms. The average molecular weight is 286 g/mol. The molecule has 0 saturated carbocycles. The number of rotatable bonds is 6. The maximum absolute atomic E-state index is 11.9. The fraction of sp³-hybridized carbons (Fsp3) is 0.846. The highest BCUT2D eigenvalue weighted by Gasteiger charge is 2.26. The molecule has 0 aromatic heterocycles. The largest absolute Gasteiger partial charge is 0.392 e. The second-order valence-corrected chi connectivity index (χ2v) is 5.41. The van der Waals surface area contributed by atoms with Gasteiger partial charge in [0.25, 0.3) is 0 Å². The Bertz CT molecular complexity index is 303. The van der Waals surface area contributed by atoms with Crippen LogP contribution in [-0.2, 0) is 0 Å². The molecule has 2 amide bonds. The molecular formula is C13H26N4OS. The van der Waals surface area contributed by atoms with E-state index in [0.717, 1.165) is 52.0 Å². The standard InChI is InChI=1S/C13H26N4OS/c1-3-5-6-15-13(18)17-9-7-16(8-10-17)11(4-2)12(14)19/h11H,3-10H2,1-2H3,(H2,14,19)(H,15,18). The molecule has 6 heteroatoms. The number of carbonyl (C=O) groups is 1. The van der Waals surface area contributed by atoms with Crippen LogP contribution in [-0.4, -0.2) is 59.6 Å². The van der Waals surface area contributed by atoms with E-state index in [1.165, 1.54) is 0 Å². The molecule has 1 unspecified atom stereocenters. The fourth-order valence-corrected chi connectivity index (χ4v) is 2.68. The lowest BCUT2D eigenvalue weighted by atomic mass is 10.1. The van der Waals surface area contributed by atoms with Gasteiger partial charge >= 0.3 is 6.03 Å². The molecule has 1 aliphatic heterocycles. The summed E-state index contributed by atoms with van der Waals surface area (Å²) in [6.07, 6.45) is 3.06. The van der Waals surface area contributed by atoms with Crippen molar-refractivity contribution in [3.8, 4) is 0 Å². The van der Waals surface area contributed by atoms with E-state index in [-0.39, 0.29) is 12.1 Å². The zero-order valence-electron chi connectivity index (χ0n) is 12.0. The first-order valence-corrected chi connectivity index (χ1v) is 7.57. The van der Waals surface area contributed by atoms with Crippen LogP contribution in [0.3, 0.4) is 0 Å². The lowest BCUT2D eigenvalue weighted by Gasteiger charge is -2.38. The Morgan fingerprint density at radius 3 is 2.42 bits per heavy atom. The SMILES string of the molecule is CCCCNC(=O)N1CCN(C(CC)C(N)=S)CC1. The van der Waals surface area contributed by atoms with Gasteiger partial charge in [0, 0.05) is 32.7 Å². The molecule has 1 aliphatic rings. The third kappa shape index (κ3) is 4.95. The zero-order valence-corrected chi connectivity index (χ0v) is 12.8. The van der Waals surface area contributed by atoms with Gasteiger partial charge in [-0.3, -0.25) is 4.90 Å². The van der Waals surface area contributed by atoms with Crippen LogP contribution < -0.4 is 11.1 Å². The first kappa shape index (κ1) is 16.2. The number of nitrogens with zero attached hydrogens (tertiary/aromatic N) is 2. The highest BCUT2D eigenvalue weighted by Crippen LogP contribution is 2.10. The van der Waals surface area contributed by atoms with Crippen LogP contribution in [0.25, 0.3) is 0 Å². The van der Waals surface area contributed by atoms with Crippen molar-refractivity contribution in [2.45, 2.75) is 39.2 Å². The van der Waals surface area contributed by atoms with E-state index in [1.54, 1.807) is 0 Å². The molecule has 1 atom stereocenters. The van der Waals surface area contributed by atoms with E-state index >= 15 is 0 Å². The van der Waals surface area contributed by atoms with Crippen molar-refractivity contribution in [1.82, 2.24) is 15.1 Å². The summed E-state index contributed by atoms with van der Waals surface area (Å²) in [5.74, 6) is 0. The summed E-state index contributed by atoms with van der Waals surface area (Å²) in [6, 6.07) is 0.219. The summed E-state index contributed by atoms with van der Waals surface area (Å²) in [5, 5.41) is 2.95. The molecule has 110 valence electrons. The number of thiocarbonyl (C=S) groups is 1. The number of nitrogens with one attached hydrogen (secondary N) is 1. The smallest absolute Gasteiger partial charge is 0.317 e. The maximum Gasteiger partial charge on any atom is 0.317 e. The van der Waals surface area contributed by atoms with E-state index in [0.29, 0.717) is 4.99 Å². The van der Waals surface area contributed by atoms with Crippen molar-refractivity contribution in [2.24, 2.45) is 5.73 Å². The minimum Gasteiger partial charge on any atom is -0.392 e. The van der Waals surface area contributed by atoms with Gasteiger partial charge in [0.05, 0.1) is 11.0 Å². The van der Waals surface area contributed by atoms with Crippen molar-refractivity contribution in [2.75, 3.05) is 32.7 Å². The van der Waals surface area contributed by atoms with E-state index in [4.69, 9.17) is 18.0 Å². The normalized spacial score (nSPS) is 18.1. The maximum atomic E-state index is 11.9. The van der Waals surface area contributed by atoms with Crippen molar-refractivity contribution in [3.63, 3.8) is 0 Å². The molecule has 1 fully saturated rings. The summed E-state index contributed by atoms with van der Waals surface area (Å²) in [5.41, 5.74) is 5.75. The Kier molecular flexibility index (Phi) is 7.09. The van der Waals surface area contributed by atoms with Gasteiger partial charge in [-0.2, -0.15) is 0 Å². The van der Waals surface area contributed by atoms with Crippen molar-refractivity contribution >= 4 is 23.2 Å². The number of nitrogens with two attached hydrogens (primary N) is 1. The van der Waals surface area contributed by atoms with Gasteiger partial charge in [0.1, 0.15) is 0 Å². The van der Waals surface area contributed by atoms with E-state index in [1.807, 2.05) is 4.90 Å². The number of hydrogen-bond donors (Lipinski definition) is 2. The van der Waals surface area contributed by atoms with Crippen LogP contribution in [0, 0.1) is 0 Å². The third-order valence-corrected chi connectivity index (χ3v) is 3.84. The van der Waals surface area contributed by atoms with Crippen molar-refractivity contribution < 1.29 is 4.79 Å². The van der Waals surface area contributed by atoms with Crippen LogP contribution in [0.15, 0.2) is 0 Å². The van der Waals surface area contributed by atoms with Gasteiger partial charge in [-0.25, -0.2) is 4.79 Å². The van der Waals surface area contributed by atoms with Crippen molar-refractivity contribution in [1.29, 1.82) is 0 Å². The van der Waals surface area contributed by atoms with E-state index in [9.17, 15) is 4.79 Å². The second kappa shape index (κ2) is 8.32. The summed E-state index contributed by atoms with van der Waals surface area (Å²) in [6.45, 7) is 8.15. The van der Waals surface area contributed by atoms with Gasteiger partial charge in [-0.15, -0.1) is 0 Å². The highest BCUT2D eigenvalue weighted by molar-refractivity contribution is 7.80. The summed E-state index contributed by atoms with van der Waals surface area (Å²) in [4.78, 5) is 16.6. The molecule has 0 aliphatic carbocycles. The van der Waals surface area contributed by atoms with Crippen LogP contribution in [0.5, 0.6) is 0 Å². The Labute approximate surface area is 121 Å². The van der Waals surface area contributed by atoms with Gasteiger partial charge in [0.2, 0.25) is 0 Å². The van der Waals surface area contributed by atoms with Gasteiger partial charge in [-0.05, 0) is 12.8 Å².